The van der Waals surface area contributed by atoms with Crippen LogP contribution in [0.1, 0.15) is 53.3 Å². The highest BCUT2D eigenvalue weighted by molar-refractivity contribution is 9.10. The third-order valence-corrected chi connectivity index (χ3v) is 4.68. The third-order valence-electron chi connectivity index (χ3n) is 4.06. The van der Waals surface area contributed by atoms with E-state index < -0.39 is 0 Å². The Morgan fingerprint density at radius 3 is 2.48 bits per heavy atom. The van der Waals surface area contributed by atoms with Gasteiger partial charge >= 0.3 is 0 Å². The Balaban J connectivity index is 1.98. The van der Waals surface area contributed by atoms with Gasteiger partial charge in [-0.2, -0.15) is 0 Å². The number of hydrogen-bond donors (Lipinski definition) is 2. The van der Waals surface area contributed by atoms with E-state index in [0.29, 0.717) is 23.4 Å². The van der Waals surface area contributed by atoms with Crippen LogP contribution in [0.2, 0.25) is 0 Å². The van der Waals surface area contributed by atoms with Crippen LogP contribution in [0.4, 0.5) is 5.69 Å². The second-order valence-corrected chi connectivity index (χ2v) is 7.02. The summed E-state index contributed by atoms with van der Waals surface area (Å²) in [7, 11) is 1.57. The van der Waals surface area contributed by atoms with Gasteiger partial charge in [-0.05, 0) is 58.7 Å². The molecular weight excluding hydrogens is 408 g/mol. The SMILES string of the molecule is CCCCCCOc1ccc(C(=O)Nc2cccc(C(=O)NC)c2)cc1Br. The minimum absolute atomic E-state index is 0.200. The summed E-state index contributed by atoms with van der Waals surface area (Å²) in [4.78, 5) is 24.2. The summed E-state index contributed by atoms with van der Waals surface area (Å²) < 4.78 is 6.51. The van der Waals surface area contributed by atoms with Gasteiger partial charge < -0.3 is 15.4 Å². The Kier molecular flexibility index (Phi) is 8.33. The van der Waals surface area contributed by atoms with Gasteiger partial charge in [0.2, 0.25) is 0 Å². The maximum Gasteiger partial charge on any atom is 0.255 e. The molecule has 2 N–H and O–H groups in total. The molecule has 2 aromatic rings. The molecule has 0 fully saturated rings. The number of unbranched alkanes of at least 4 members (excludes halogenated alkanes) is 3. The van der Waals surface area contributed by atoms with Crippen LogP contribution in [0.25, 0.3) is 0 Å². The van der Waals surface area contributed by atoms with Crippen molar-refractivity contribution in [3.8, 4) is 5.75 Å². The fourth-order valence-corrected chi connectivity index (χ4v) is 3.05. The lowest BCUT2D eigenvalue weighted by Crippen LogP contribution is -2.18. The molecule has 0 bridgehead atoms. The van der Waals surface area contributed by atoms with Crippen LogP contribution in [0.3, 0.4) is 0 Å². The van der Waals surface area contributed by atoms with E-state index in [9.17, 15) is 9.59 Å². The molecule has 0 aliphatic rings. The van der Waals surface area contributed by atoms with Gasteiger partial charge in [0.1, 0.15) is 5.75 Å². The lowest BCUT2D eigenvalue weighted by atomic mass is 10.1. The maximum atomic E-state index is 12.5. The van der Waals surface area contributed by atoms with Crippen molar-refractivity contribution in [2.45, 2.75) is 32.6 Å². The Hall–Kier alpha value is -2.34. The van der Waals surface area contributed by atoms with E-state index >= 15 is 0 Å². The Morgan fingerprint density at radius 1 is 1.00 bits per heavy atom. The first kappa shape index (κ1) is 21.0. The van der Waals surface area contributed by atoms with Crippen LogP contribution in [-0.2, 0) is 0 Å². The standard InChI is InChI=1S/C21H25BrN2O3/c1-3-4-5-6-12-27-19-11-10-16(14-18(19)22)21(26)24-17-9-7-8-15(13-17)20(25)23-2/h7-11,13-14H,3-6,12H2,1-2H3,(H,23,25)(H,24,26). The van der Waals surface area contributed by atoms with Crippen molar-refractivity contribution in [3.05, 3.63) is 58.1 Å². The highest BCUT2D eigenvalue weighted by Crippen LogP contribution is 2.27. The molecule has 0 unspecified atom stereocenters. The lowest BCUT2D eigenvalue weighted by Gasteiger charge is -2.11. The van der Waals surface area contributed by atoms with Gasteiger partial charge in [-0.1, -0.05) is 32.3 Å². The van der Waals surface area contributed by atoms with E-state index in [1.165, 1.54) is 12.8 Å². The predicted molar refractivity (Wildman–Crippen MR) is 112 cm³/mol. The molecule has 2 aromatic carbocycles. The molecular formula is C21H25BrN2O3. The number of carbonyl (C=O) groups excluding carboxylic acids is 2. The van der Waals surface area contributed by atoms with Crippen LogP contribution in [0.5, 0.6) is 5.75 Å². The average molecular weight is 433 g/mol. The molecule has 27 heavy (non-hydrogen) atoms. The Labute approximate surface area is 168 Å². The fourth-order valence-electron chi connectivity index (χ4n) is 2.56. The molecule has 0 aliphatic heterocycles. The van der Waals surface area contributed by atoms with Gasteiger partial charge in [0.25, 0.3) is 11.8 Å². The minimum atomic E-state index is -0.251. The van der Waals surface area contributed by atoms with Gasteiger partial charge in [0.15, 0.2) is 0 Å². The molecule has 0 spiro atoms. The van der Waals surface area contributed by atoms with Crippen molar-refractivity contribution in [3.63, 3.8) is 0 Å². The van der Waals surface area contributed by atoms with Crippen molar-refractivity contribution in [2.24, 2.45) is 0 Å². The number of rotatable bonds is 9. The highest BCUT2D eigenvalue weighted by Gasteiger charge is 2.11. The lowest BCUT2D eigenvalue weighted by molar-refractivity contribution is 0.0961. The van der Waals surface area contributed by atoms with Gasteiger partial charge in [-0.25, -0.2) is 0 Å². The molecule has 0 aliphatic carbocycles. The first-order chi connectivity index (χ1) is 13.0. The monoisotopic (exact) mass is 432 g/mol. The van der Waals surface area contributed by atoms with E-state index in [1.807, 2.05) is 0 Å². The van der Waals surface area contributed by atoms with E-state index in [0.717, 1.165) is 23.1 Å². The number of halogens is 1. The Morgan fingerprint density at radius 2 is 1.78 bits per heavy atom. The molecule has 144 valence electrons. The number of hydrogen-bond acceptors (Lipinski definition) is 3. The molecule has 2 rings (SSSR count). The molecule has 0 aromatic heterocycles. The number of ether oxygens (including phenoxy) is 1. The zero-order valence-corrected chi connectivity index (χ0v) is 17.3. The minimum Gasteiger partial charge on any atom is -0.492 e. The van der Waals surface area contributed by atoms with Crippen LogP contribution in [-0.4, -0.2) is 25.5 Å². The summed E-state index contributed by atoms with van der Waals surface area (Å²) in [6.07, 6.45) is 4.58. The van der Waals surface area contributed by atoms with E-state index in [-0.39, 0.29) is 11.8 Å². The van der Waals surface area contributed by atoms with Gasteiger partial charge in [0, 0.05) is 23.9 Å². The average Bonchev–Trinajstić information content (AvgIpc) is 2.68. The molecule has 0 saturated heterocycles. The number of carbonyl (C=O) groups is 2. The molecule has 5 nitrogen and oxygen atoms in total. The van der Waals surface area contributed by atoms with Crippen LogP contribution in [0.15, 0.2) is 46.9 Å². The fraction of sp³-hybridized carbons (Fsp3) is 0.333. The van der Waals surface area contributed by atoms with Crippen molar-refractivity contribution in [2.75, 3.05) is 19.0 Å². The predicted octanol–water partition coefficient (Wildman–Crippen LogP) is 5.02. The number of anilines is 1. The zero-order chi connectivity index (χ0) is 19.6. The molecule has 0 heterocycles. The summed E-state index contributed by atoms with van der Waals surface area (Å²) in [5.41, 5.74) is 1.56. The van der Waals surface area contributed by atoms with Crippen molar-refractivity contribution >= 4 is 33.4 Å². The smallest absolute Gasteiger partial charge is 0.255 e. The van der Waals surface area contributed by atoms with E-state index in [4.69, 9.17) is 4.74 Å². The molecule has 0 saturated carbocycles. The van der Waals surface area contributed by atoms with Crippen LogP contribution >= 0.6 is 15.9 Å². The first-order valence-corrected chi connectivity index (χ1v) is 9.90. The summed E-state index contributed by atoms with van der Waals surface area (Å²) in [5, 5.41) is 5.37. The zero-order valence-electron chi connectivity index (χ0n) is 15.7. The van der Waals surface area contributed by atoms with Gasteiger partial charge in [-0.3, -0.25) is 9.59 Å². The number of benzene rings is 2. The highest BCUT2D eigenvalue weighted by atomic mass is 79.9. The second-order valence-electron chi connectivity index (χ2n) is 6.17. The van der Waals surface area contributed by atoms with Crippen LogP contribution < -0.4 is 15.4 Å². The molecule has 6 heteroatoms. The summed E-state index contributed by atoms with van der Waals surface area (Å²) in [5.74, 6) is 0.276. The Bertz CT molecular complexity index is 793. The molecule has 0 atom stereocenters. The van der Waals surface area contributed by atoms with Crippen LogP contribution in [0, 0.1) is 0 Å². The van der Waals surface area contributed by atoms with Gasteiger partial charge in [0.05, 0.1) is 11.1 Å². The normalized spacial score (nSPS) is 10.3. The summed E-state index contributed by atoms with van der Waals surface area (Å²) in [6, 6.07) is 12.1. The maximum absolute atomic E-state index is 12.5. The summed E-state index contributed by atoms with van der Waals surface area (Å²) in [6.45, 7) is 2.84. The van der Waals surface area contributed by atoms with Crippen molar-refractivity contribution in [1.82, 2.24) is 5.32 Å². The second kappa shape index (κ2) is 10.7. The molecule has 2 amide bonds. The quantitative estimate of drug-likeness (QED) is 0.546. The first-order valence-electron chi connectivity index (χ1n) is 9.11. The van der Waals surface area contributed by atoms with Crippen molar-refractivity contribution < 1.29 is 14.3 Å². The number of amides is 2. The number of nitrogens with one attached hydrogen (secondary N) is 2. The molecule has 0 radical (unpaired) electrons. The largest absolute Gasteiger partial charge is 0.492 e. The third kappa shape index (κ3) is 6.40. The van der Waals surface area contributed by atoms with E-state index in [2.05, 4.69) is 33.5 Å². The topological polar surface area (TPSA) is 67.4 Å². The summed E-state index contributed by atoms with van der Waals surface area (Å²) >= 11 is 3.47. The van der Waals surface area contributed by atoms with Gasteiger partial charge in [-0.15, -0.1) is 0 Å². The van der Waals surface area contributed by atoms with Crippen molar-refractivity contribution in [1.29, 1.82) is 0 Å². The van der Waals surface area contributed by atoms with E-state index in [1.54, 1.807) is 49.5 Å².